The zero-order valence-corrected chi connectivity index (χ0v) is 20.8. The van der Waals surface area contributed by atoms with E-state index in [1.165, 1.54) is 22.5 Å². The number of thiophene rings is 1. The third-order valence-electron chi connectivity index (χ3n) is 4.74. The number of nitrogens with one attached hydrogen (secondary N) is 2. The van der Waals surface area contributed by atoms with Gasteiger partial charge < -0.3 is 10.6 Å². The SMILES string of the molecule is CN=C(NCc1cccc(C)c1)NCc1ccc(S(=O)(=O)N2CCCCC2)s1.I. The van der Waals surface area contributed by atoms with E-state index in [1.807, 2.05) is 12.1 Å². The molecular formula is C20H29IN4O2S2. The van der Waals surface area contributed by atoms with Crippen LogP contribution in [0.4, 0.5) is 0 Å². The fourth-order valence-electron chi connectivity index (χ4n) is 3.22. The van der Waals surface area contributed by atoms with Gasteiger partial charge in [0, 0.05) is 31.6 Å². The lowest BCUT2D eigenvalue weighted by atomic mass is 10.1. The molecule has 2 N–H and O–H groups in total. The van der Waals surface area contributed by atoms with Crippen LogP contribution in [0.1, 0.15) is 35.3 Å². The minimum atomic E-state index is -3.36. The molecule has 9 heteroatoms. The van der Waals surface area contributed by atoms with Crippen molar-refractivity contribution in [2.24, 2.45) is 4.99 Å². The Morgan fingerprint density at radius 1 is 1.10 bits per heavy atom. The molecule has 1 aliphatic heterocycles. The van der Waals surface area contributed by atoms with Crippen molar-refractivity contribution in [3.8, 4) is 0 Å². The van der Waals surface area contributed by atoms with Crippen molar-refractivity contribution in [1.29, 1.82) is 0 Å². The van der Waals surface area contributed by atoms with E-state index >= 15 is 0 Å². The van der Waals surface area contributed by atoms with Gasteiger partial charge in [-0.15, -0.1) is 35.3 Å². The van der Waals surface area contributed by atoms with Crippen LogP contribution in [0.2, 0.25) is 0 Å². The number of hydrogen-bond donors (Lipinski definition) is 2. The van der Waals surface area contributed by atoms with Crippen LogP contribution in [0.15, 0.2) is 45.6 Å². The molecule has 6 nitrogen and oxygen atoms in total. The number of aliphatic imine (C=N–C) groups is 1. The van der Waals surface area contributed by atoms with Crippen LogP contribution >= 0.6 is 35.3 Å². The minimum absolute atomic E-state index is 0. The van der Waals surface area contributed by atoms with Crippen LogP contribution in [-0.2, 0) is 23.1 Å². The molecule has 0 amide bonds. The van der Waals surface area contributed by atoms with Crippen molar-refractivity contribution in [2.75, 3.05) is 20.1 Å². The Kier molecular flexibility index (Phi) is 9.38. The van der Waals surface area contributed by atoms with Crippen LogP contribution < -0.4 is 10.6 Å². The molecule has 1 fully saturated rings. The maximum absolute atomic E-state index is 12.8. The highest BCUT2D eigenvalue weighted by atomic mass is 127. The normalized spacial score (nSPS) is 15.6. The van der Waals surface area contributed by atoms with Gasteiger partial charge in [-0.1, -0.05) is 36.2 Å². The Labute approximate surface area is 194 Å². The standard InChI is InChI=1S/C20H28N4O2S2.HI/c1-16-7-6-8-17(13-16)14-22-20(21-2)23-15-18-9-10-19(27-18)28(25,26)24-11-4-3-5-12-24;/h6-10,13H,3-5,11-12,14-15H2,1-2H3,(H2,21,22,23);1H. The molecule has 0 atom stereocenters. The highest BCUT2D eigenvalue weighted by Crippen LogP contribution is 2.27. The topological polar surface area (TPSA) is 73.8 Å². The predicted molar refractivity (Wildman–Crippen MR) is 131 cm³/mol. The maximum atomic E-state index is 12.8. The van der Waals surface area contributed by atoms with Gasteiger partial charge in [0.2, 0.25) is 0 Å². The highest BCUT2D eigenvalue weighted by Gasteiger charge is 2.27. The van der Waals surface area contributed by atoms with Gasteiger partial charge in [0.05, 0.1) is 6.54 Å². The van der Waals surface area contributed by atoms with Crippen molar-refractivity contribution in [3.05, 3.63) is 52.4 Å². The maximum Gasteiger partial charge on any atom is 0.252 e. The molecule has 0 aliphatic carbocycles. The van der Waals surface area contributed by atoms with E-state index in [4.69, 9.17) is 0 Å². The first-order chi connectivity index (χ1) is 13.5. The van der Waals surface area contributed by atoms with Crippen molar-refractivity contribution in [1.82, 2.24) is 14.9 Å². The Balaban J connectivity index is 0.00000300. The second-order valence-corrected chi connectivity index (χ2v) is 10.3. The number of sulfonamides is 1. The quantitative estimate of drug-likeness (QED) is 0.328. The highest BCUT2D eigenvalue weighted by molar-refractivity contribution is 14.0. The van der Waals surface area contributed by atoms with Gasteiger partial charge in [0.25, 0.3) is 10.0 Å². The molecule has 2 heterocycles. The first-order valence-electron chi connectivity index (χ1n) is 9.58. The summed E-state index contributed by atoms with van der Waals surface area (Å²) in [6.45, 7) is 4.55. The molecule has 2 aromatic rings. The number of nitrogens with zero attached hydrogens (tertiary/aromatic N) is 2. The van der Waals surface area contributed by atoms with E-state index in [0.29, 0.717) is 36.3 Å². The molecular weight excluding hydrogens is 519 g/mol. The lowest BCUT2D eigenvalue weighted by molar-refractivity contribution is 0.347. The summed E-state index contributed by atoms with van der Waals surface area (Å²) in [5.41, 5.74) is 2.41. The summed E-state index contributed by atoms with van der Waals surface area (Å²) in [5.74, 6) is 0.690. The van der Waals surface area contributed by atoms with Crippen LogP contribution in [0.25, 0.3) is 0 Å². The minimum Gasteiger partial charge on any atom is -0.352 e. The largest absolute Gasteiger partial charge is 0.352 e. The molecule has 160 valence electrons. The third kappa shape index (κ3) is 6.66. The average Bonchev–Trinajstić information content (AvgIpc) is 3.19. The summed E-state index contributed by atoms with van der Waals surface area (Å²) in [4.78, 5) is 5.21. The first kappa shape index (κ1) is 24.1. The summed E-state index contributed by atoms with van der Waals surface area (Å²) >= 11 is 1.33. The molecule has 1 aliphatic rings. The van der Waals surface area contributed by atoms with E-state index in [-0.39, 0.29) is 24.0 Å². The van der Waals surface area contributed by atoms with Gasteiger partial charge in [-0.05, 0) is 37.5 Å². The van der Waals surface area contributed by atoms with Crippen LogP contribution in [-0.4, -0.2) is 38.8 Å². The van der Waals surface area contributed by atoms with E-state index < -0.39 is 10.0 Å². The van der Waals surface area contributed by atoms with E-state index in [1.54, 1.807) is 17.4 Å². The van der Waals surface area contributed by atoms with Crippen molar-refractivity contribution >= 4 is 51.3 Å². The lowest BCUT2D eigenvalue weighted by Crippen LogP contribution is -2.36. The summed E-state index contributed by atoms with van der Waals surface area (Å²) in [6.07, 6.45) is 3.00. The number of aryl methyl sites for hydroxylation is 1. The average molecular weight is 549 g/mol. The predicted octanol–water partition coefficient (Wildman–Crippen LogP) is 3.71. The fraction of sp³-hybridized carbons (Fsp3) is 0.450. The Hall–Kier alpha value is -1.17. The second kappa shape index (κ2) is 11.3. The summed E-state index contributed by atoms with van der Waals surface area (Å²) < 4.78 is 27.6. The van der Waals surface area contributed by atoms with E-state index in [9.17, 15) is 8.42 Å². The third-order valence-corrected chi connectivity index (χ3v) is 8.19. The van der Waals surface area contributed by atoms with Gasteiger partial charge in [0.15, 0.2) is 5.96 Å². The number of rotatable bonds is 6. The monoisotopic (exact) mass is 548 g/mol. The molecule has 0 bridgehead atoms. The Morgan fingerprint density at radius 2 is 1.83 bits per heavy atom. The Bertz CT molecular complexity index is 922. The molecule has 1 aromatic heterocycles. The van der Waals surface area contributed by atoms with Crippen LogP contribution in [0.3, 0.4) is 0 Å². The molecule has 0 unspecified atom stereocenters. The second-order valence-electron chi connectivity index (χ2n) is 6.95. The molecule has 29 heavy (non-hydrogen) atoms. The van der Waals surface area contributed by atoms with Crippen LogP contribution in [0.5, 0.6) is 0 Å². The van der Waals surface area contributed by atoms with Gasteiger partial charge in [-0.2, -0.15) is 4.31 Å². The summed E-state index contributed by atoms with van der Waals surface area (Å²) in [7, 11) is -1.63. The summed E-state index contributed by atoms with van der Waals surface area (Å²) in [5, 5.41) is 6.54. The van der Waals surface area contributed by atoms with Gasteiger partial charge >= 0.3 is 0 Å². The van der Waals surface area contributed by atoms with Gasteiger partial charge in [-0.3, -0.25) is 4.99 Å². The Morgan fingerprint density at radius 3 is 2.52 bits per heavy atom. The number of benzene rings is 1. The zero-order chi connectivity index (χ0) is 20.0. The molecule has 0 radical (unpaired) electrons. The van der Waals surface area contributed by atoms with Crippen molar-refractivity contribution < 1.29 is 8.42 Å². The van der Waals surface area contributed by atoms with E-state index in [0.717, 1.165) is 24.1 Å². The molecule has 1 aromatic carbocycles. The van der Waals surface area contributed by atoms with Crippen molar-refractivity contribution in [3.63, 3.8) is 0 Å². The zero-order valence-electron chi connectivity index (χ0n) is 16.8. The van der Waals surface area contributed by atoms with Gasteiger partial charge in [-0.25, -0.2) is 8.42 Å². The smallest absolute Gasteiger partial charge is 0.252 e. The van der Waals surface area contributed by atoms with E-state index in [2.05, 4.69) is 40.7 Å². The molecule has 3 rings (SSSR count). The summed E-state index contributed by atoms with van der Waals surface area (Å²) in [6, 6.07) is 11.9. The van der Waals surface area contributed by atoms with Crippen molar-refractivity contribution in [2.45, 2.75) is 43.5 Å². The number of halogens is 1. The molecule has 0 saturated carbocycles. The fourth-order valence-corrected chi connectivity index (χ4v) is 6.19. The lowest BCUT2D eigenvalue weighted by Gasteiger charge is -2.25. The molecule has 1 saturated heterocycles. The number of guanidine groups is 1. The molecule has 0 spiro atoms. The van der Waals surface area contributed by atoms with Crippen LogP contribution in [0, 0.1) is 6.92 Å². The number of hydrogen-bond acceptors (Lipinski definition) is 4. The number of piperidine rings is 1. The van der Waals surface area contributed by atoms with Gasteiger partial charge in [0.1, 0.15) is 4.21 Å². The first-order valence-corrected chi connectivity index (χ1v) is 11.8.